The average molecular weight is 449 g/mol. The molecule has 6 heteroatoms. The van der Waals surface area contributed by atoms with Gasteiger partial charge in [-0.2, -0.15) is 5.26 Å². The summed E-state index contributed by atoms with van der Waals surface area (Å²) in [6, 6.07) is 23.9. The average Bonchev–Trinajstić information content (AvgIpc) is 2.76. The fourth-order valence-electron chi connectivity index (χ4n) is 3.07. The predicted octanol–water partition coefficient (Wildman–Crippen LogP) is 6.12. The van der Waals surface area contributed by atoms with E-state index >= 15 is 0 Å². The number of allylic oxidation sites excluding steroid dienone is 1. The van der Waals surface area contributed by atoms with Gasteiger partial charge in [0.1, 0.15) is 11.1 Å². The summed E-state index contributed by atoms with van der Waals surface area (Å²) in [7, 11) is -3.97. The quantitative estimate of drug-likeness (QED) is 0.441. The Balaban J connectivity index is 2.08. The summed E-state index contributed by atoms with van der Waals surface area (Å²) in [5, 5.41) is 13.5. The fourth-order valence-corrected chi connectivity index (χ4v) is 5.60. The van der Waals surface area contributed by atoms with Crippen LogP contribution in [0.15, 0.2) is 87.6 Å². The van der Waals surface area contributed by atoms with Crippen LogP contribution >= 0.6 is 11.8 Å². The molecule has 0 aliphatic rings. The van der Waals surface area contributed by atoms with Gasteiger partial charge >= 0.3 is 0 Å². The Morgan fingerprint density at radius 1 is 0.903 bits per heavy atom. The Morgan fingerprint density at radius 2 is 1.52 bits per heavy atom. The number of rotatable bonds is 7. The lowest BCUT2D eigenvalue weighted by molar-refractivity contribution is 0.603. The van der Waals surface area contributed by atoms with Crippen LogP contribution in [0.2, 0.25) is 0 Å². The minimum absolute atomic E-state index is 0.100. The van der Waals surface area contributed by atoms with Gasteiger partial charge in [-0.1, -0.05) is 66.2 Å². The van der Waals surface area contributed by atoms with Crippen molar-refractivity contribution >= 4 is 27.3 Å². The maximum atomic E-state index is 13.3. The summed E-state index contributed by atoms with van der Waals surface area (Å²) in [5.74, 6) is 0.531. The molecule has 158 valence electrons. The van der Waals surface area contributed by atoms with Gasteiger partial charge in [-0.25, -0.2) is 8.42 Å². The van der Waals surface area contributed by atoms with Crippen molar-refractivity contribution in [1.82, 2.24) is 0 Å². The molecule has 0 spiro atoms. The second kappa shape index (κ2) is 9.86. The molecule has 4 nitrogen and oxygen atoms in total. The number of sulfone groups is 1. The number of thioether (sulfide) groups is 1. The summed E-state index contributed by atoms with van der Waals surface area (Å²) in [5.41, 5.74) is 4.96. The highest BCUT2D eigenvalue weighted by atomic mass is 32.2. The zero-order valence-corrected chi connectivity index (χ0v) is 19.3. The lowest BCUT2D eigenvalue weighted by Gasteiger charge is -2.17. The lowest BCUT2D eigenvalue weighted by atomic mass is 10.1. The van der Waals surface area contributed by atoms with Crippen LogP contribution in [0.25, 0.3) is 0 Å². The maximum Gasteiger partial charge on any atom is 0.219 e. The number of aryl methyl sites for hydroxylation is 3. The van der Waals surface area contributed by atoms with E-state index in [1.807, 2.05) is 69.3 Å². The summed E-state index contributed by atoms with van der Waals surface area (Å²) >= 11 is 1.31. The second-order valence-corrected chi connectivity index (χ2v) is 10.1. The van der Waals surface area contributed by atoms with Crippen molar-refractivity contribution in [2.45, 2.75) is 31.4 Å². The standard InChI is InChI=1S/C25H24N2O2S2/c1-18-12-14-21(15-13-18)17-30-25(27-24-19(2)8-7-9-20(24)3)23(16-26)31(28,29)22-10-5-4-6-11-22/h4-15,27H,17H2,1-3H3/b25-23+. The molecule has 0 amide bonds. The third kappa shape index (κ3) is 5.38. The number of para-hydroxylation sites is 1. The van der Waals surface area contributed by atoms with Gasteiger partial charge in [0.2, 0.25) is 9.84 Å². The molecular weight excluding hydrogens is 424 g/mol. The van der Waals surface area contributed by atoms with E-state index in [2.05, 4.69) is 5.32 Å². The molecule has 0 aliphatic heterocycles. The minimum Gasteiger partial charge on any atom is -0.348 e. The van der Waals surface area contributed by atoms with E-state index in [-0.39, 0.29) is 9.80 Å². The Labute approximate surface area is 188 Å². The van der Waals surface area contributed by atoms with Crippen molar-refractivity contribution < 1.29 is 8.42 Å². The van der Waals surface area contributed by atoms with Crippen LogP contribution in [-0.4, -0.2) is 8.42 Å². The topological polar surface area (TPSA) is 70.0 Å². The number of anilines is 1. The fraction of sp³-hybridized carbons (Fsp3) is 0.160. The summed E-state index contributed by atoms with van der Waals surface area (Å²) in [6.45, 7) is 5.93. The number of hydrogen-bond acceptors (Lipinski definition) is 5. The molecule has 0 bridgehead atoms. The molecule has 0 fully saturated rings. The van der Waals surface area contributed by atoms with E-state index in [9.17, 15) is 13.7 Å². The van der Waals surface area contributed by atoms with Crippen LogP contribution in [0.1, 0.15) is 22.3 Å². The SMILES string of the molecule is Cc1ccc(CS/C(Nc2c(C)cccc2C)=C(\C#N)S(=O)(=O)c2ccccc2)cc1. The Morgan fingerprint density at radius 3 is 2.10 bits per heavy atom. The van der Waals surface area contributed by atoms with E-state index < -0.39 is 9.84 Å². The van der Waals surface area contributed by atoms with Crippen molar-refractivity contribution in [3.63, 3.8) is 0 Å². The van der Waals surface area contributed by atoms with Gasteiger partial charge in [-0.05, 0) is 49.6 Å². The lowest BCUT2D eigenvalue weighted by Crippen LogP contribution is -2.11. The van der Waals surface area contributed by atoms with Crippen LogP contribution in [0.5, 0.6) is 0 Å². The van der Waals surface area contributed by atoms with Crippen LogP contribution in [0, 0.1) is 32.1 Å². The molecule has 0 saturated heterocycles. The first-order valence-corrected chi connectivity index (χ1v) is 12.3. The number of nitrogens with one attached hydrogen (secondary N) is 1. The molecule has 0 atom stereocenters. The van der Waals surface area contributed by atoms with Crippen molar-refractivity contribution in [2.24, 2.45) is 0 Å². The van der Waals surface area contributed by atoms with Crippen molar-refractivity contribution in [3.05, 3.63) is 105 Å². The molecule has 0 aromatic heterocycles. The number of hydrogen-bond donors (Lipinski definition) is 1. The van der Waals surface area contributed by atoms with Crippen LogP contribution in [-0.2, 0) is 15.6 Å². The molecule has 0 aliphatic carbocycles. The Hall–Kier alpha value is -3.01. The van der Waals surface area contributed by atoms with E-state index in [1.165, 1.54) is 23.9 Å². The molecule has 3 aromatic rings. The highest BCUT2D eigenvalue weighted by Gasteiger charge is 2.26. The largest absolute Gasteiger partial charge is 0.348 e. The first-order valence-electron chi connectivity index (χ1n) is 9.79. The maximum absolute atomic E-state index is 13.3. The predicted molar refractivity (Wildman–Crippen MR) is 128 cm³/mol. The Kier molecular flexibility index (Phi) is 7.21. The number of nitrogens with zero attached hydrogens (tertiary/aromatic N) is 1. The van der Waals surface area contributed by atoms with Crippen LogP contribution in [0.4, 0.5) is 5.69 Å². The Bertz CT molecular complexity index is 1220. The van der Waals surface area contributed by atoms with E-state index in [0.717, 1.165) is 27.9 Å². The van der Waals surface area contributed by atoms with Crippen molar-refractivity contribution in [2.75, 3.05) is 5.32 Å². The van der Waals surface area contributed by atoms with Crippen molar-refractivity contribution in [3.8, 4) is 6.07 Å². The smallest absolute Gasteiger partial charge is 0.219 e. The van der Waals surface area contributed by atoms with Gasteiger partial charge in [0.05, 0.1) is 4.90 Å². The van der Waals surface area contributed by atoms with Gasteiger partial charge in [-0.15, -0.1) is 11.8 Å². The van der Waals surface area contributed by atoms with Gasteiger partial charge in [-0.3, -0.25) is 0 Å². The summed E-state index contributed by atoms with van der Waals surface area (Å²) < 4.78 is 26.6. The molecule has 3 rings (SSSR count). The molecule has 31 heavy (non-hydrogen) atoms. The van der Waals surface area contributed by atoms with E-state index in [0.29, 0.717) is 10.8 Å². The van der Waals surface area contributed by atoms with E-state index in [1.54, 1.807) is 18.2 Å². The van der Waals surface area contributed by atoms with Gasteiger partial charge < -0.3 is 5.32 Å². The third-order valence-electron chi connectivity index (χ3n) is 4.85. The summed E-state index contributed by atoms with van der Waals surface area (Å²) in [6.07, 6.45) is 0. The zero-order chi connectivity index (χ0) is 22.4. The first-order chi connectivity index (χ1) is 14.8. The first kappa shape index (κ1) is 22.7. The second-order valence-electron chi connectivity index (χ2n) is 7.25. The molecule has 3 aromatic carbocycles. The molecule has 1 N–H and O–H groups in total. The molecule has 0 unspecified atom stereocenters. The van der Waals surface area contributed by atoms with Gasteiger partial charge in [0.15, 0.2) is 4.91 Å². The minimum atomic E-state index is -3.97. The summed E-state index contributed by atoms with van der Waals surface area (Å²) in [4.78, 5) is -0.179. The van der Waals surface area contributed by atoms with Gasteiger partial charge in [0, 0.05) is 11.4 Å². The zero-order valence-electron chi connectivity index (χ0n) is 17.7. The van der Waals surface area contributed by atoms with Crippen LogP contribution in [0.3, 0.4) is 0 Å². The normalized spacial score (nSPS) is 12.1. The molecule has 0 saturated carbocycles. The third-order valence-corrected chi connectivity index (χ3v) is 7.78. The number of benzene rings is 3. The highest BCUT2D eigenvalue weighted by Crippen LogP contribution is 2.33. The number of nitriles is 1. The van der Waals surface area contributed by atoms with Crippen molar-refractivity contribution in [1.29, 1.82) is 5.26 Å². The molecule has 0 heterocycles. The van der Waals surface area contributed by atoms with Gasteiger partial charge in [0.25, 0.3) is 0 Å². The van der Waals surface area contributed by atoms with Crippen LogP contribution < -0.4 is 5.32 Å². The molecule has 0 radical (unpaired) electrons. The highest BCUT2D eigenvalue weighted by molar-refractivity contribution is 8.04. The monoisotopic (exact) mass is 448 g/mol. The molecular formula is C25H24N2O2S2. The van der Waals surface area contributed by atoms with E-state index in [4.69, 9.17) is 0 Å².